The fourth-order valence-electron chi connectivity index (χ4n) is 3.06. The average molecular weight is 401 g/mol. The van der Waals surface area contributed by atoms with Gasteiger partial charge in [0.2, 0.25) is 10.0 Å². The molecule has 0 aliphatic carbocycles. The Hall–Kier alpha value is -2.91. The van der Waals surface area contributed by atoms with Crippen molar-refractivity contribution in [3.8, 4) is 0 Å². The maximum atomic E-state index is 12.8. The zero-order valence-electron chi connectivity index (χ0n) is 15.3. The zero-order chi connectivity index (χ0) is 20.1. The molecule has 8 nitrogen and oxygen atoms in total. The second-order valence-electron chi connectivity index (χ2n) is 6.53. The largest absolute Gasteiger partial charge is 0.370 e. The predicted octanol–water partition coefficient (Wildman–Crippen LogP) is 2.02. The number of benzene rings is 2. The minimum atomic E-state index is -3.57. The van der Waals surface area contributed by atoms with Crippen LogP contribution in [0.25, 0.3) is 0 Å². The number of aliphatic imine (C=N–C) groups is 1. The van der Waals surface area contributed by atoms with Gasteiger partial charge < -0.3 is 16.8 Å². The third-order valence-electron chi connectivity index (χ3n) is 4.41. The van der Waals surface area contributed by atoms with E-state index in [1.54, 1.807) is 42.5 Å². The second kappa shape index (κ2) is 8.41. The van der Waals surface area contributed by atoms with Crippen LogP contribution in [0.3, 0.4) is 0 Å². The van der Waals surface area contributed by atoms with Gasteiger partial charge in [-0.2, -0.15) is 4.31 Å². The molecule has 28 heavy (non-hydrogen) atoms. The van der Waals surface area contributed by atoms with E-state index in [1.807, 2.05) is 0 Å². The van der Waals surface area contributed by atoms with Crippen molar-refractivity contribution in [3.63, 3.8) is 0 Å². The molecule has 1 amide bonds. The minimum Gasteiger partial charge on any atom is -0.370 e. The lowest BCUT2D eigenvalue weighted by Crippen LogP contribution is -2.35. The first-order valence-corrected chi connectivity index (χ1v) is 10.4. The molecule has 0 radical (unpaired) electrons. The summed E-state index contributed by atoms with van der Waals surface area (Å²) < 4.78 is 27.1. The molecular weight excluding hydrogens is 378 g/mol. The van der Waals surface area contributed by atoms with E-state index in [0.29, 0.717) is 30.0 Å². The summed E-state index contributed by atoms with van der Waals surface area (Å²) in [5, 5.41) is 2.72. The number of nitrogens with one attached hydrogen (secondary N) is 1. The molecule has 9 heteroatoms. The van der Waals surface area contributed by atoms with Crippen LogP contribution < -0.4 is 16.8 Å². The Morgan fingerprint density at radius 2 is 1.71 bits per heavy atom. The van der Waals surface area contributed by atoms with Crippen LogP contribution in [0.5, 0.6) is 0 Å². The van der Waals surface area contributed by atoms with E-state index in [4.69, 9.17) is 11.5 Å². The first-order chi connectivity index (χ1) is 13.4. The van der Waals surface area contributed by atoms with Crippen molar-refractivity contribution in [1.82, 2.24) is 4.31 Å². The number of rotatable bonds is 5. The maximum Gasteiger partial charge on any atom is 0.255 e. The molecule has 0 saturated carbocycles. The molecule has 0 aromatic heterocycles. The quantitative estimate of drug-likeness (QED) is 0.521. The van der Waals surface area contributed by atoms with Crippen LogP contribution in [-0.4, -0.2) is 37.7 Å². The number of piperidine rings is 1. The van der Waals surface area contributed by atoms with E-state index in [-0.39, 0.29) is 16.8 Å². The van der Waals surface area contributed by atoms with Crippen LogP contribution in [0.2, 0.25) is 0 Å². The van der Waals surface area contributed by atoms with E-state index in [1.165, 1.54) is 10.4 Å². The number of nitrogens with two attached hydrogens (primary N) is 2. The molecule has 2 aromatic carbocycles. The van der Waals surface area contributed by atoms with Crippen molar-refractivity contribution in [1.29, 1.82) is 0 Å². The number of hydrogen-bond acceptors (Lipinski definition) is 4. The summed E-state index contributed by atoms with van der Waals surface area (Å²) in [6, 6.07) is 12.8. The Balaban J connectivity index is 1.79. The highest BCUT2D eigenvalue weighted by atomic mass is 32.2. The van der Waals surface area contributed by atoms with E-state index in [9.17, 15) is 13.2 Å². The normalized spacial score (nSPS) is 15.0. The van der Waals surface area contributed by atoms with Gasteiger partial charge in [0.05, 0.1) is 10.6 Å². The van der Waals surface area contributed by atoms with Crippen molar-refractivity contribution in [3.05, 3.63) is 54.1 Å². The Labute approximate surface area is 164 Å². The highest BCUT2D eigenvalue weighted by Gasteiger charge is 2.26. The number of hydrogen-bond donors (Lipinski definition) is 3. The van der Waals surface area contributed by atoms with Crippen molar-refractivity contribution >= 4 is 33.3 Å². The number of guanidine groups is 1. The molecule has 1 aliphatic rings. The fourth-order valence-corrected chi connectivity index (χ4v) is 4.62. The first kappa shape index (κ1) is 19.8. The van der Waals surface area contributed by atoms with Gasteiger partial charge >= 0.3 is 0 Å². The molecule has 0 spiro atoms. The summed E-state index contributed by atoms with van der Waals surface area (Å²) in [5.41, 5.74) is 11.9. The Morgan fingerprint density at radius 3 is 2.43 bits per heavy atom. The molecule has 3 rings (SSSR count). The van der Waals surface area contributed by atoms with Gasteiger partial charge in [-0.25, -0.2) is 13.4 Å². The molecule has 2 aromatic rings. The van der Waals surface area contributed by atoms with E-state index < -0.39 is 10.0 Å². The Bertz CT molecular complexity index is 994. The molecular formula is C19H23N5O3S. The smallest absolute Gasteiger partial charge is 0.255 e. The summed E-state index contributed by atoms with van der Waals surface area (Å²) >= 11 is 0. The van der Waals surface area contributed by atoms with E-state index in [2.05, 4.69) is 10.3 Å². The third kappa shape index (κ3) is 4.68. The van der Waals surface area contributed by atoms with E-state index in [0.717, 1.165) is 19.3 Å². The summed E-state index contributed by atoms with van der Waals surface area (Å²) in [6.07, 6.45) is 2.77. The molecule has 0 atom stereocenters. The predicted molar refractivity (Wildman–Crippen MR) is 109 cm³/mol. The molecule has 1 aliphatic heterocycles. The summed E-state index contributed by atoms with van der Waals surface area (Å²) in [7, 11) is -3.57. The van der Waals surface area contributed by atoms with Crippen LogP contribution in [0.1, 0.15) is 29.6 Å². The number of carbonyl (C=O) groups excluding carboxylic acids is 1. The molecule has 1 fully saturated rings. The molecule has 0 unspecified atom stereocenters. The highest BCUT2D eigenvalue weighted by Crippen LogP contribution is 2.23. The van der Waals surface area contributed by atoms with Gasteiger partial charge in [-0.1, -0.05) is 18.6 Å². The average Bonchev–Trinajstić information content (AvgIpc) is 2.68. The number of sulfonamides is 1. The topological polar surface area (TPSA) is 131 Å². The monoisotopic (exact) mass is 401 g/mol. The number of anilines is 1. The number of nitrogens with zero attached hydrogens (tertiary/aromatic N) is 2. The van der Waals surface area contributed by atoms with Gasteiger partial charge in [0, 0.05) is 24.3 Å². The molecule has 1 saturated heterocycles. The van der Waals surface area contributed by atoms with Crippen molar-refractivity contribution in [2.24, 2.45) is 16.5 Å². The SMILES string of the molecule is NC(N)=Nc1cccc(C(=O)Nc2cccc(S(=O)(=O)N3CCCCC3)c2)c1. The summed E-state index contributed by atoms with van der Waals surface area (Å²) in [4.78, 5) is 16.6. The van der Waals surface area contributed by atoms with Gasteiger partial charge in [0.15, 0.2) is 5.96 Å². The van der Waals surface area contributed by atoms with Gasteiger partial charge in [-0.05, 0) is 49.2 Å². The zero-order valence-corrected chi connectivity index (χ0v) is 16.2. The highest BCUT2D eigenvalue weighted by molar-refractivity contribution is 7.89. The Kier molecular flexibility index (Phi) is 5.96. The van der Waals surface area contributed by atoms with Crippen LogP contribution >= 0.6 is 0 Å². The summed E-state index contributed by atoms with van der Waals surface area (Å²) in [5.74, 6) is -0.492. The number of amides is 1. The van der Waals surface area contributed by atoms with E-state index >= 15 is 0 Å². The van der Waals surface area contributed by atoms with Crippen molar-refractivity contribution < 1.29 is 13.2 Å². The van der Waals surface area contributed by atoms with Gasteiger partial charge in [-0.15, -0.1) is 0 Å². The first-order valence-electron chi connectivity index (χ1n) is 8.97. The van der Waals surface area contributed by atoms with Gasteiger partial charge in [-0.3, -0.25) is 4.79 Å². The lowest BCUT2D eigenvalue weighted by atomic mass is 10.2. The third-order valence-corrected chi connectivity index (χ3v) is 6.31. The lowest BCUT2D eigenvalue weighted by molar-refractivity contribution is 0.102. The molecule has 1 heterocycles. The lowest BCUT2D eigenvalue weighted by Gasteiger charge is -2.26. The van der Waals surface area contributed by atoms with Crippen LogP contribution in [0.15, 0.2) is 58.4 Å². The van der Waals surface area contributed by atoms with Crippen molar-refractivity contribution in [2.45, 2.75) is 24.2 Å². The van der Waals surface area contributed by atoms with Gasteiger partial charge in [0.25, 0.3) is 5.91 Å². The van der Waals surface area contributed by atoms with Gasteiger partial charge in [0.1, 0.15) is 0 Å². The number of carbonyl (C=O) groups is 1. The molecule has 148 valence electrons. The van der Waals surface area contributed by atoms with Crippen LogP contribution in [0, 0.1) is 0 Å². The standard InChI is InChI=1S/C19H23N5O3S/c20-19(21)23-15-7-4-6-14(12-15)18(25)22-16-8-5-9-17(13-16)28(26,27)24-10-2-1-3-11-24/h4-9,12-13H,1-3,10-11H2,(H,22,25)(H4,20,21,23). The van der Waals surface area contributed by atoms with Crippen LogP contribution in [-0.2, 0) is 10.0 Å². The molecule has 0 bridgehead atoms. The van der Waals surface area contributed by atoms with Crippen LogP contribution in [0.4, 0.5) is 11.4 Å². The maximum absolute atomic E-state index is 12.8. The summed E-state index contributed by atoms with van der Waals surface area (Å²) in [6.45, 7) is 1.05. The van der Waals surface area contributed by atoms with Crippen molar-refractivity contribution in [2.75, 3.05) is 18.4 Å². The molecule has 5 N–H and O–H groups in total. The minimum absolute atomic E-state index is 0.104. The second-order valence-corrected chi connectivity index (χ2v) is 8.47. The fraction of sp³-hybridized carbons (Fsp3) is 0.263. The Morgan fingerprint density at radius 1 is 1.00 bits per heavy atom.